The van der Waals surface area contributed by atoms with Gasteiger partial charge in [0.05, 0.1) is 24.8 Å². The predicted molar refractivity (Wildman–Crippen MR) is 141 cm³/mol. The molecule has 0 heterocycles. The Balaban J connectivity index is 1.63. The van der Waals surface area contributed by atoms with E-state index in [-0.39, 0.29) is 23.0 Å². The topological polar surface area (TPSA) is 84.9 Å². The molecule has 0 fully saturated rings. The number of nitrogens with zero attached hydrogens (tertiary/aromatic N) is 1. The zero-order valence-corrected chi connectivity index (χ0v) is 21.8. The molecule has 0 atom stereocenters. The van der Waals surface area contributed by atoms with Crippen LogP contribution in [0.25, 0.3) is 0 Å². The normalized spacial score (nSPS) is 11.1. The molecule has 0 unspecified atom stereocenters. The average molecular weight is 533 g/mol. The van der Waals surface area contributed by atoms with Crippen molar-refractivity contribution in [3.63, 3.8) is 0 Å². The van der Waals surface area contributed by atoms with Crippen LogP contribution in [0.1, 0.15) is 12.0 Å². The lowest BCUT2D eigenvalue weighted by atomic mass is 10.2. The monoisotopic (exact) mass is 532 g/mol. The summed E-state index contributed by atoms with van der Waals surface area (Å²) in [6.45, 7) is -0.00873. The molecular formula is C26H29FN2O5S2. The van der Waals surface area contributed by atoms with Crippen LogP contribution in [0.5, 0.6) is 11.5 Å². The second-order valence-corrected chi connectivity index (χ2v) is 10.7. The van der Waals surface area contributed by atoms with E-state index in [9.17, 15) is 17.6 Å². The minimum Gasteiger partial charge on any atom is -0.493 e. The van der Waals surface area contributed by atoms with Gasteiger partial charge in [-0.25, -0.2) is 12.8 Å². The third-order valence-corrected chi connectivity index (χ3v) is 8.14. The van der Waals surface area contributed by atoms with Gasteiger partial charge in [0.2, 0.25) is 5.91 Å². The van der Waals surface area contributed by atoms with Crippen LogP contribution in [0.2, 0.25) is 0 Å². The number of halogens is 1. The van der Waals surface area contributed by atoms with Crippen LogP contribution >= 0.6 is 11.8 Å². The second-order valence-electron chi connectivity index (χ2n) is 7.71. The first kappa shape index (κ1) is 27.3. The standard InChI is InChI=1S/C26H29FN2O5S2/c1-33-24-14-13-22(17-25(24)34-2)36(31,32)29(21-10-4-3-5-11-21)18-26(30)28-15-8-16-35-19-20-9-6-7-12-23(20)27/h3-7,9-14,17H,8,15-16,18-19H2,1-2H3,(H,28,30). The van der Waals surface area contributed by atoms with Gasteiger partial charge in [0, 0.05) is 18.4 Å². The van der Waals surface area contributed by atoms with Crippen molar-refractivity contribution in [1.29, 1.82) is 0 Å². The smallest absolute Gasteiger partial charge is 0.264 e. The summed E-state index contributed by atoms with van der Waals surface area (Å²) in [5, 5.41) is 2.78. The van der Waals surface area contributed by atoms with E-state index in [1.807, 2.05) is 0 Å². The summed E-state index contributed by atoms with van der Waals surface area (Å²) in [5.74, 6) is 1.28. The van der Waals surface area contributed by atoms with Crippen molar-refractivity contribution < 1.29 is 27.1 Å². The Morgan fingerprint density at radius 1 is 0.972 bits per heavy atom. The third kappa shape index (κ3) is 7.14. The number of anilines is 1. The van der Waals surface area contributed by atoms with E-state index in [1.165, 1.54) is 38.5 Å². The molecule has 0 saturated heterocycles. The highest BCUT2D eigenvalue weighted by atomic mass is 32.2. The zero-order valence-electron chi connectivity index (χ0n) is 20.1. The molecule has 1 N–H and O–H groups in total. The molecule has 0 aromatic heterocycles. The van der Waals surface area contributed by atoms with Crippen LogP contribution in [0.4, 0.5) is 10.1 Å². The number of hydrogen-bond donors (Lipinski definition) is 1. The van der Waals surface area contributed by atoms with E-state index in [4.69, 9.17) is 9.47 Å². The van der Waals surface area contributed by atoms with E-state index < -0.39 is 15.9 Å². The molecule has 36 heavy (non-hydrogen) atoms. The largest absolute Gasteiger partial charge is 0.493 e. The molecule has 1 amide bonds. The highest BCUT2D eigenvalue weighted by molar-refractivity contribution is 7.98. The van der Waals surface area contributed by atoms with Gasteiger partial charge in [0.15, 0.2) is 11.5 Å². The lowest BCUT2D eigenvalue weighted by Gasteiger charge is -2.24. The number of thioether (sulfide) groups is 1. The number of benzene rings is 3. The summed E-state index contributed by atoms with van der Waals surface area (Å²) in [5.41, 5.74) is 1.01. The number of carbonyl (C=O) groups is 1. The van der Waals surface area contributed by atoms with Crippen molar-refractivity contribution in [2.24, 2.45) is 0 Å². The molecule has 0 saturated carbocycles. The molecule has 192 valence electrons. The van der Waals surface area contributed by atoms with Gasteiger partial charge in [-0.15, -0.1) is 0 Å². The lowest BCUT2D eigenvalue weighted by molar-refractivity contribution is -0.119. The van der Waals surface area contributed by atoms with Gasteiger partial charge < -0.3 is 14.8 Å². The number of hydrogen-bond acceptors (Lipinski definition) is 6. The Kier molecular flexibility index (Phi) is 10.0. The molecular weight excluding hydrogens is 503 g/mol. The first-order chi connectivity index (χ1) is 17.4. The fraction of sp³-hybridized carbons (Fsp3) is 0.269. The summed E-state index contributed by atoms with van der Waals surface area (Å²) in [4.78, 5) is 12.7. The van der Waals surface area contributed by atoms with Crippen LogP contribution in [0, 0.1) is 5.82 Å². The van der Waals surface area contributed by atoms with Gasteiger partial charge in [-0.1, -0.05) is 36.4 Å². The quantitative estimate of drug-likeness (QED) is 0.327. The molecule has 3 aromatic rings. The highest BCUT2D eigenvalue weighted by Crippen LogP contribution is 2.32. The SMILES string of the molecule is COc1ccc(S(=O)(=O)N(CC(=O)NCCCSCc2ccccc2F)c2ccccc2)cc1OC. The zero-order chi connectivity index (χ0) is 26.0. The number of carbonyl (C=O) groups excluding carboxylic acids is 1. The van der Waals surface area contributed by atoms with Gasteiger partial charge in [-0.2, -0.15) is 11.8 Å². The minimum absolute atomic E-state index is 0.0265. The van der Waals surface area contributed by atoms with Gasteiger partial charge in [0.25, 0.3) is 10.0 Å². The Hall–Kier alpha value is -3.24. The van der Waals surface area contributed by atoms with Crippen LogP contribution in [-0.2, 0) is 20.6 Å². The van der Waals surface area contributed by atoms with Crippen molar-refractivity contribution in [3.8, 4) is 11.5 Å². The Labute approximate surface area is 215 Å². The maximum Gasteiger partial charge on any atom is 0.264 e. The van der Waals surface area contributed by atoms with E-state index in [0.29, 0.717) is 35.7 Å². The maximum absolute atomic E-state index is 13.7. The molecule has 0 bridgehead atoms. The minimum atomic E-state index is -4.08. The van der Waals surface area contributed by atoms with Gasteiger partial charge in [-0.3, -0.25) is 9.10 Å². The molecule has 0 aliphatic rings. The van der Waals surface area contributed by atoms with E-state index in [2.05, 4.69) is 5.32 Å². The number of rotatable bonds is 13. The molecule has 7 nitrogen and oxygen atoms in total. The first-order valence-corrected chi connectivity index (χ1v) is 13.8. The molecule has 0 aliphatic carbocycles. The van der Waals surface area contributed by atoms with Crippen LogP contribution in [0.15, 0.2) is 77.7 Å². The number of nitrogens with one attached hydrogen (secondary N) is 1. The number of methoxy groups -OCH3 is 2. The van der Waals surface area contributed by atoms with Crippen molar-refractivity contribution in [2.75, 3.05) is 37.4 Å². The summed E-state index contributed by atoms with van der Waals surface area (Å²) in [6.07, 6.45) is 0.665. The first-order valence-electron chi connectivity index (χ1n) is 11.2. The fourth-order valence-electron chi connectivity index (χ4n) is 3.40. The van der Waals surface area contributed by atoms with Crippen LogP contribution in [0.3, 0.4) is 0 Å². The maximum atomic E-state index is 13.7. The average Bonchev–Trinajstić information content (AvgIpc) is 2.90. The third-order valence-electron chi connectivity index (χ3n) is 5.28. The van der Waals surface area contributed by atoms with Crippen LogP contribution < -0.4 is 19.1 Å². The van der Waals surface area contributed by atoms with Crippen LogP contribution in [-0.4, -0.2) is 47.4 Å². The van der Waals surface area contributed by atoms with Crippen molar-refractivity contribution in [3.05, 3.63) is 84.2 Å². The van der Waals surface area contributed by atoms with Crippen molar-refractivity contribution in [2.45, 2.75) is 17.1 Å². The Bertz CT molecular complexity index is 1260. The van der Waals surface area contributed by atoms with Gasteiger partial charge in [0.1, 0.15) is 12.4 Å². The molecule has 0 aliphatic heterocycles. The molecule has 0 spiro atoms. The van der Waals surface area contributed by atoms with Gasteiger partial charge in [-0.05, 0) is 48.1 Å². The molecule has 3 rings (SSSR count). The summed E-state index contributed by atoms with van der Waals surface area (Å²) in [7, 11) is -1.20. The van der Waals surface area contributed by atoms with E-state index in [0.717, 1.165) is 10.1 Å². The Morgan fingerprint density at radius 2 is 1.67 bits per heavy atom. The molecule has 3 aromatic carbocycles. The van der Waals surface area contributed by atoms with Crippen molar-refractivity contribution >= 4 is 33.4 Å². The Morgan fingerprint density at radius 3 is 2.36 bits per heavy atom. The summed E-state index contributed by atoms with van der Waals surface area (Å²) < 4.78 is 52.3. The van der Waals surface area contributed by atoms with Crippen molar-refractivity contribution in [1.82, 2.24) is 5.32 Å². The number of amides is 1. The predicted octanol–water partition coefficient (Wildman–Crippen LogP) is 4.48. The number of sulfonamides is 1. The summed E-state index contributed by atoms with van der Waals surface area (Å²) in [6, 6.07) is 19.4. The summed E-state index contributed by atoms with van der Waals surface area (Å²) >= 11 is 1.57. The molecule has 0 radical (unpaired) electrons. The fourth-order valence-corrected chi connectivity index (χ4v) is 5.78. The lowest BCUT2D eigenvalue weighted by Crippen LogP contribution is -2.41. The van der Waals surface area contributed by atoms with Gasteiger partial charge >= 0.3 is 0 Å². The molecule has 10 heteroatoms. The van der Waals surface area contributed by atoms with E-state index >= 15 is 0 Å². The number of ether oxygens (including phenoxy) is 2. The second kappa shape index (κ2) is 13.2. The van der Waals surface area contributed by atoms with E-state index in [1.54, 1.807) is 60.3 Å². The highest BCUT2D eigenvalue weighted by Gasteiger charge is 2.28. The number of para-hydroxylation sites is 1.